The van der Waals surface area contributed by atoms with Gasteiger partial charge in [0.05, 0.1) is 11.7 Å². The van der Waals surface area contributed by atoms with Crippen LogP contribution in [0.3, 0.4) is 0 Å². The van der Waals surface area contributed by atoms with Crippen molar-refractivity contribution in [2.24, 2.45) is 0 Å². The van der Waals surface area contributed by atoms with E-state index in [0.29, 0.717) is 0 Å². The molecule has 2 N–H and O–H groups in total. The van der Waals surface area contributed by atoms with Gasteiger partial charge >= 0.3 is 0 Å². The lowest BCUT2D eigenvalue weighted by molar-refractivity contribution is 1.04. The predicted octanol–water partition coefficient (Wildman–Crippen LogP) is 2.16. The molecule has 2 aromatic heterocycles. The summed E-state index contributed by atoms with van der Waals surface area (Å²) in [5.74, 6) is 1.62. The Labute approximate surface area is 110 Å². The Kier molecular flexibility index (Phi) is 2.75. The zero-order valence-electron chi connectivity index (χ0n) is 10.8. The van der Waals surface area contributed by atoms with Crippen molar-refractivity contribution in [3.63, 3.8) is 0 Å². The number of H-pyrrole nitrogens is 1. The quantitative estimate of drug-likeness (QED) is 0.749. The first-order valence-electron chi connectivity index (χ1n) is 5.92. The average Bonchev–Trinajstić information content (AvgIpc) is 2.86. The summed E-state index contributed by atoms with van der Waals surface area (Å²) in [5, 5.41) is 11.3. The number of benzene rings is 1. The molecule has 0 aliphatic rings. The molecule has 0 saturated heterocycles. The number of hydrogen-bond donors (Lipinski definition) is 2. The molecule has 2 heterocycles. The van der Waals surface area contributed by atoms with Gasteiger partial charge in [-0.25, -0.2) is 9.97 Å². The van der Waals surface area contributed by atoms with Crippen LogP contribution in [0.1, 0.15) is 0 Å². The summed E-state index contributed by atoms with van der Waals surface area (Å²) >= 11 is 0. The first-order chi connectivity index (χ1) is 9.22. The lowest BCUT2D eigenvalue weighted by Crippen LogP contribution is -2.11. The molecule has 3 rings (SSSR count). The molecule has 6 nitrogen and oxygen atoms in total. The largest absolute Gasteiger partial charge is 0.363 e. The highest BCUT2D eigenvalue weighted by molar-refractivity contribution is 5.82. The molecule has 0 aliphatic heterocycles. The Balaban J connectivity index is 1.89. The van der Waals surface area contributed by atoms with E-state index >= 15 is 0 Å². The molecular formula is C13H14N6. The van der Waals surface area contributed by atoms with E-state index in [1.165, 1.54) is 0 Å². The first kappa shape index (κ1) is 11.5. The molecule has 6 heteroatoms. The van der Waals surface area contributed by atoms with Crippen LogP contribution >= 0.6 is 0 Å². The minimum Gasteiger partial charge on any atom is -0.363 e. The van der Waals surface area contributed by atoms with Crippen LogP contribution < -0.4 is 10.2 Å². The SMILES string of the molecule is CN(C)c1cc(Nc2ccc3cn[nH]c3c2)ncn1. The molecule has 96 valence electrons. The highest BCUT2D eigenvalue weighted by atomic mass is 15.2. The first-order valence-corrected chi connectivity index (χ1v) is 5.92. The fourth-order valence-electron chi connectivity index (χ4n) is 1.82. The highest BCUT2D eigenvalue weighted by Crippen LogP contribution is 2.21. The van der Waals surface area contributed by atoms with Crippen LogP contribution in [0.25, 0.3) is 10.9 Å². The molecule has 0 spiro atoms. The summed E-state index contributed by atoms with van der Waals surface area (Å²) in [6.45, 7) is 0. The zero-order valence-corrected chi connectivity index (χ0v) is 10.8. The van der Waals surface area contributed by atoms with E-state index in [1.54, 1.807) is 12.5 Å². The molecule has 0 aliphatic carbocycles. The number of rotatable bonds is 3. The molecule has 1 aromatic carbocycles. The van der Waals surface area contributed by atoms with Crippen LogP contribution in [0.2, 0.25) is 0 Å². The van der Waals surface area contributed by atoms with Crippen LogP contribution in [0, 0.1) is 0 Å². The van der Waals surface area contributed by atoms with E-state index in [-0.39, 0.29) is 0 Å². The summed E-state index contributed by atoms with van der Waals surface area (Å²) in [5.41, 5.74) is 1.95. The van der Waals surface area contributed by atoms with Gasteiger partial charge in [0.25, 0.3) is 0 Å². The molecule has 0 radical (unpaired) electrons. The third-order valence-electron chi connectivity index (χ3n) is 2.83. The third kappa shape index (κ3) is 2.33. The second-order valence-corrected chi connectivity index (χ2v) is 4.45. The van der Waals surface area contributed by atoms with E-state index in [4.69, 9.17) is 0 Å². The standard InChI is InChI=1S/C13H14N6/c1-19(2)13-6-12(14-8-15-13)17-10-4-3-9-7-16-18-11(9)5-10/h3-8H,1-2H3,(H,16,18)(H,14,15,17). The Morgan fingerprint density at radius 3 is 2.89 bits per heavy atom. The number of fused-ring (bicyclic) bond motifs is 1. The van der Waals surface area contributed by atoms with E-state index < -0.39 is 0 Å². The van der Waals surface area contributed by atoms with Crippen LogP contribution in [0.4, 0.5) is 17.3 Å². The van der Waals surface area contributed by atoms with Crippen molar-refractivity contribution >= 4 is 28.2 Å². The van der Waals surface area contributed by atoms with Gasteiger partial charge in [-0.2, -0.15) is 5.10 Å². The van der Waals surface area contributed by atoms with E-state index in [9.17, 15) is 0 Å². The van der Waals surface area contributed by atoms with E-state index in [0.717, 1.165) is 28.2 Å². The Morgan fingerprint density at radius 1 is 1.16 bits per heavy atom. The van der Waals surface area contributed by atoms with Gasteiger partial charge < -0.3 is 10.2 Å². The van der Waals surface area contributed by atoms with Gasteiger partial charge in [-0.3, -0.25) is 5.10 Å². The van der Waals surface area contributed by atoms with Crippen molar-refractivity contribution in [2.45, 2.75) is 0 Å². The van der Waals surface area contributed by atoms with Gasteiger partial charge in [0.1, 0.15) is 18.0 Å². The minimum atomic E-state index is 0.762. The lowest BCUT2D eigenvalue weighted by atomic mass is 10.2. The Bertz CT molecular complexity index is 703. The summed E-state index contributed by atoms with van der Waals surface area (Å²) in [6, 6.07) is 7.90. The maximum atomic E-state index is 4.21. The molecule has 0 bridgehead atoms. The van der Waals surface area contributed by atoms with Crippen molar-refractivity contribution in [1.29, 1.82) is 0 Å². The molecule has 0 saturated carbocycles. The summed E-state index contributed by atoms with van der Waals surface area (Å²) in [4.78, 5) is 10.3. The smallest absolute Gasteiger partial charge is 0.135 e. The summed E-state index contributed by atoms with van der Waals surface area (Å²) in [6.07, 6.45) is 3.35. The fourth-order valence-corrected chi connectivity index (χ4v) is 1.82. The molecule has 0 amide bonds. The number of hydrogen-bond acceptors (Lipinski definition) is 5. The summed E-state index contributed by atoms with van der Waals surface area (Å²) in [7, 11) is 3.89. The minimum absolute atomic E-state index is 0.762. The maximum absolute atomic E-state index is 4.21. The fraction of sp³-hybridized carbons (Fsp3) is 0.154. The lowest BCUT2D eigenvalue weighted by Gasteiger charge is -2.12. The molecule has 0 fully saturated rings. The van der Waals surface area contributed by atoms with Gasteiger partial charge in [0, 0.05) is 31.2 Å². The van der Waals surface area contributed by atoms with E-state index in [2.05, 4.69) is 25.5 Å². The van der Waals surface area contributed by atoms with Gasteiger partial charge in [-0.15, -0.1) is 0 Å². The molecule has 3 aromatic rings. The number of nitrogens with one attached hydrogen (secondary N) is 2. The van der Waals surface area contributed by atoms with Crippen molar-refractivity contribution < 1.29 is 0 Å². The van der Waals surface area contributed by atoms with Crippen molar-refractivity contribution in [1.82, 2.24) is 20.2 Å². The Hall–Kier alpha value is -2.63. The van der Waals surface area contributed by atoms with Crippen molar-refractivity contribution in [3.05, 3.63) is 36.8 Å². The van der Waals surface area contributed by atoms with Crippen molar-refractivity contribution in [3.8, 4) is 0 Å². The van der Waals surface area contributed by atoms with Gasteiger partial charge in [-0.1, -0.05) is 0 Å². The summed E-state index contributed by atoms with van der Waals surface area (Å²) < 4.78 is 0. The zero-order chi connectivity index (χ0) is 13.2. The predicted molar refractivity (Wildman–Crippen MR) is 75.7 cm³/mol. The van der Waals surface area contributed by atoms with Crippen LogP contribution in [-0.4, -0.2) is 34.3 Å². The van der Waals surface area contributed by atoms with Crippen LogP contribution in [0.5, 0.6) is 0 Å². The van der Waals surface area contributed by atoms with Gasteiger partial charge in [0.2, 0.25) is 0 Å². The van der Waals surface area contributed by atoms with Crippen LogP contribution in [-0.2, 0) is 0 Å². The third-order valence-corrected chi connectivity index (χ3v) is 2.83. The number of nitrogens with zero attached hydrogens (tertiary/aromatic N) is 4. The normalized spacial score (nSPS) is 10.6. The van der Waals surface area contributed by atoms with Gasteiger partial charge in [0.15, 0.2) is 0 Å². The van der Waals surface area contributed by atoms with E-state index in [1.807, 2.05) is 43.3 Å². The molecule has 19 heavy (non-hydrogen) atoms. The average molecular weight is 254 g/mol. The second kappa shape index (κ2) is 4.56. The van der Waals surface area contributed by atoms with Crippen LogP contribution in [0.15, 0.2) is 36.8 Å². The number of anilines is 3. The molecule has 0 atom stereocenters. The highest BCUT2D eigenvalue weighted by Gasteiger charge is 2.02. The Morgan fingerprint density at radius 2 is 2.05 bits per heavy atom. The maximum Gasteiger partial charge on any atom is 0.135 e. The number of aromatic amines is 1. The topological polar surface area (TPSA) is 69.7 Å². The molecular weight excluding hydrogens is 240 g/mol. The molecule has 0 unspecified atom stereocenters. The van der Waals surface area contributed by atoms with Crippen molar-refractivity contribution in [2.75, 3.05) is 24.3 Å². The van der Waals surface area contributed by atoms with Gasteiger partial charge in [-0.05, 0) is 18.2 Å². The monoisotopic (exact) mass is 254 g/mol. The second-order valence-electron chi connectivity index (χ2n) is 4.45. The number of aromatic nitrogens is 4.